The van der Waals surface area contributed by atoms with Gasteiger partial charge in [-0.25, -0.2) is 9.97 Å². The summed E-state index contributed by atoms with van der Waals surface area (Å²) in [4.78, 5) is 11.4. The van der Waals surface area contributed by atoms with E-state index in [4.69, 9.17) is 20.2 Å². The molecule has 110 valence electrons. The van der Waals surface area contributed by atoms with E-state index in [1.54, 1.807) is 14.2 Å². The maximum atomic E-state index is 6.05. The first kappa shape index (κ1) is 13.6. The van der Waals surface area contributed by atoms with Gasteiger partial charge in [0.1, 0.15) is 29.7 Å². The molecule has 3 rings (SSSR count). The second-order valence-electron chi connectivity index (χ2n) is 5.64. The fourth-order valence-electron chi connectivity index (χ4n) is 2.74. The van der Waals surface area contributed by atoms with E-state index < -0.39 is 0 Å². The molecule has 2 atom stereocenters. The van der Waals surface area contributed by atoms with Gasteiger partial charge < -0.3 is 20.1 Å². The van der Waals surface area contributed by atoms with Crippen LogP contribution in [0.1, 0.15) is 30.1 Å². The van der Waals surface area contributed by atoms with Gasteiger partial charge in [0.05, 0.1) is 0 Å². The Balaban J connectivity index is 1.89. The van der Waals surface area contributed by atoms with Crippen molar-refractivity contribution in [2.75, 3.05) is 37.9 Å². The first-order valence-corrected chi connectivity index (χ1v) is 7.08. The van der Waals surface area contributed by atoms with Crippen molar-refractivity contribution in [2.24, 2.45) is 0 Å². The number of hydrogen-bond acceptors (Lipinski definition) is 6. The SMILES string of the molecule is COC1CN(c2nc(C3CC3)nc(N)c2C)CC1OC. The summed E-state index contributed by atoms with van der Waals surface area (Å²) in [5.74, 6) is 2.90. The number of nitrogens with zero attached hydrogens (tertiary/aromatic N) is 3. The van der Waals surface area contributed by atoms with E-state index >= 15 is 0 Å². The second-order valence-corrected chi connectivity index (χ2v) is 5.64. The number of hydrogen-bond donors (Lipinski definition) is 1. The van der Waals surface area contributed by atoms with E-state index in [2.05, 4.69) is 9.88 Å². The van der Waals surface area contributed by atoms with Gasteiger partial charge in [-0.1, -0.05) is 0 Å². The highest BCUT2D eigenvalue weighted by Crippen LogP contribution is 2.40. The molecule has 1 saturated carbocycles. The third-order valence-electron chi connectivity index (χ3n) is 4.24. The van der Waals surface area contributed by atoms with Crippen LogP contribution in [-0.4, -0.2) is 49.5 Å². The highest BCUT2D eigenvalue weighted by molar-refractivity contribution is 5.57. The molecule has 2 N–H and O–H groups in total. The van der Waals surface area contributed by atoms with Gasteiger partial charge in [0.2, 0.25) is 0 Å². The molecule has 1 aliphatic carbocycles. The van der Waals surface area contributed by atoms with Crippen molar-refractivity contribution in [1.82, 2.24) is 9.97 Å². The smallest absolute Gasteiger partial charge is 0.137 e. The summed E-state index contributed by atoms with van der Waals surface area (Å²) in [7, 11) is 3.44. The monoisotopic (exact) mass is 278 g/mol. The summed E-state index contributed by atoms with van der Waals surface area (Å²) in [6.45, 7) is 3.52. The van der Waals surface area contributed by atoms with Crippen molar-refractivity contribution < 1.29 is 9.47 Å². The molecule has 6 heteroatoms. The number of anilines is 2. The number of rotatable bonds is 4. The Kier molecular flexibility index (Phi) is 3.52. The third-order valence-corrected chi connectivity index (χ3v) is 4.24. The van der Waals surface area contributed by atoms with Crippen LogP contribution < -0.4 is 10.6 Å². The number of nitrogens with two attached hydrogens (primary N) is 1. The molecular formula is C14H22N4O2. The van der Waals surface area contributed by atoms with Crippen LogP contribution >= 0.6 is 0 Å². The van der Waals surface area contributed by atoms with Gasteiger partial charge in [-0.05, 0) is 19.8 Å². The summed E-state index contributed by atoms with van der Waals surface area (Å²) >= 11 is 0. The normalized spacial score (nSPS) is 26.2. The van der Waals surface area contributed by atoms with Crippen molar-refractivity contribution >= 4 is 11.6 Å². The molecule has 2 fully saturated rings. The van der Waals surface area contributed by atoms with Crippen LogP contribution in [0.5, 0.6) is 0 Å². The average Bonchev–Trinajstić information content (AvgIpc) is 3.21. The van der Waals surface area contributed by atoms with Crippen molar-refractivity contribution in [3.63, 3.8) is 0 Å². The molecule has 0 amide bonds. The number of aromatic nitrogens is 2. The van der Waals surface area contributed by atoms with Crippen LogP contribution in [-0.2, 0) is 9.47 Å². The zero-order valence-electron chi connectivity index (χ0n) is 12.3. The fraction of sp³-hybridized carbons (Fsp3) is 0.714. The zero-order valence-corrected chi connectivity index (χ0v) is 12.3. The molecule has 2 unspecified atom stereocenters. The Labute approximate surface area is 119 Å². The summed E-state index contributed by atoms with van der Waals surface area (Å²) in [5, 5.41) is 0. The molecule has 1 aromatic rings. The van der Waals surface area contributed by atoms with Crippen LogP contribution in [0, 0.1) is 6.92 Å². The van der Waals surface area contributed by atoms with Gasteiger partial charge >= 0.3 is 0 Å². The quantitative estimate of drug-likeness (QED) is 0.889. The van der Waals surface area contributed by atoms with Gasteiger partial charge in [-0.2, -0.15) is 0 Å². The zero-order chi connectivity index (χ0) is 14.3. The molecule has 6 nitrogen and oxygen atoms in total. The Hall–Kier alpha value is -1.40. The minimum Gasteiger partial charge on any atom is -0.383 e. The molecule has 1 saturated heterocycles. The van der Waals surface area contributed by atoms with Crippen molar-refractivity contribution in [2.45, 2.75) is 37.9 Å². The van der Waals surface area contributed by atoms with Gasteiger partial charge in [-0.3, -0.25) is 0 Å². The summed E-state index contributed by atoms with van der Waals surface area (Å²) in [6.07, 6.45) is 2.48. The lowest BCUT2D eigenvalue weighted by Crippen LogP contribution is -2.27. The Morgan fingerprint density at radius 3 is 2.20 bits per heavy atom. The Bertz CT molecular complexity index is 492. The summed E-state index contributed by atoms with van der Waals surface area (Å²) in [5.41, 5.74) is 6.99. The van der Waals surface area contributed by atoms with Crippen LogP contribution in [0.3, 0.4) is 0 Å². The van der Waals surface area contributed by atoms with Gasteiger partial charge in [0.15, 0.2) is 0 Å². The van der Waals surface area contributed by atoms with Gasteiger partial charge in [-0.15, -0.1) is 0 Å². The molecule has 0 bridgehead atoms. The Morgan fingerprint density at radius 2 is 1.70 bits per heavy atom. The van der Waals surface area contributed by atoms with Gasteiger partial charge in [0, 0.05) is 38.8 Å². The fourth-order valence-corrected chi connectivity index (χ4v) is 2.74. The van der Waals surface area contributed by atoms with E-state index in [1.807, 2.05) is 6.92 Å². The lowest BCUT2D eigenvalue weighted by atomic mass is 10.2. The third kappa shape index (κ3) is 2.33. The predicted molar refractivity (Wildman–Crippen MR) is 77.0 cm³/mol. The minimum atomic E-state index is 0.0694. The van der Waals surface area contributed by atoms with E-state index in [-0.39, 0.29) is 12.2 Å². The van der Waals surface area contributed by atoms with Crippen molar-refractivity contribution in [3.8, 4) is 0 Å². The predicted octanol–water partition coefficient (Wildman–Crippen LogP) is 1.09. The van der Waals surface area contributed by atoms with Crippen molar-refractivity contribution in [1.29, 1.82) is 0 Å². The summed E-state index contributed by atoms with van der Waals surface area (Å²) < 4.78 is 11.0. The molecule has 20 heavy (non-hydrogen) atoms. The van der Waals surface area contributed by atoms with Crippen molar-refractivity contribution in [3.05, 3.63) is 11.4 Å². The molecule has 0 spiro atoms. The molecule has 0 radical (unpaired) electrons. The highest BCUT2D eigenvalue weighted by Gasteiger charge is 2.36. The first-order valence-electron chi connectivity index (χ1n) is 7.08. The lowest BCUT2D eigenvalue weighted by Gasteiger charge is -2.20. The maximum absolute atomic E-state index is 6.05. The average molecular weight is 278 g/mol. The maximum Gasteiger partial charge on any atom is 0.137 e. The Morgan fingerprint density at radius 1 is 1.10 bits per heavy atom. The molecule has 0 aromatic carbocycles. The first-order chi connectivity index (χ1) is 9.63. The van der Waals surface area contributed by atoms with Crippen LogP contribution in [0.4, 0.5) is 11.6 Å². The lowest BCUT2D eigenvalue weighted by molar-refractivity contribution is -0.00461. The minimum absolute atomic E-state index is 0.0694. The number of methoxy groups -OCH3 is 2. The van der Waals surface area contributed by atoms with Gasteiger partial charge in [0.25, 0.3) is 0 Å². The molecule has 1 aliphatic heterocycles. The van der Waals surface area contributed by atoms with E-state index in [9.17, 15) is 0 Å². The number of nitrogen functional groups attached to an aromatic ring is 1. The second kappa shape index (κ2) is 5.18. The molecule has 1 aromatic heterocycles. The molecule has 2 aliphatic rings. The standard InChI is InChI=1S/C14H22N4O2/c1-8-12(15)16-13(9-4-5-9)17-14(8)18-6-10(19-2)11(7-18)20-3/h9-11H,4-7H2,1-3H3,(H2,15,16,17). The molecule has 2 heterocycles. The topological polar surface area (TPSA) is 73.5 Å². The van der Waals surface area contributed by atoms with E-state index in [0.717, 1.165) is 30.3 Å². The largest absolute Gasteiger partial charge is 0.383 e. The highest BCUT2D eigenvalue weighted by atomic mass is 16.5. The van der Waals surface area contributed by atoms with Crippen LogP contribution in [0.15, 0.2) is 0 Å². The molecular weight excluding hydrogens is 256 g/mol. The number of ether oxygens (including phenoxy) is 2. The van der Waals surface area contributed by atoms with Crippen LogP contribution in [0.2, 0.25) is 0 Å². The van der Waals surface area contributed by atoms with E-state index in [0.29, 0.717) is 11.7 Å². The summed E-state index contributed by atoms with van der Waals surface area (Å²) in [6, 6.07) is 0. The van der Waals surface area contributed by atoms with E-state index in [1.165, 1.54) is 12.8 Å². The van der Waals surface area contributed by atoms with Crippen LogP contribution in [0.25, 0.3) is 0 Å².